The minimum atomic E-state index is -0.0933. The molecular formula is C33H21NO. The van der Waals surface area contributed by atoms with Crippen molar-refractivity contribution in [2.45, 2.75) is 19.3 Å². The summed E-state index contributed by atoms with van der Waals surface area (Å²) in [6.07, 6.45) is 0. The molecule has 35 heavy (non-hydrogen) atoms. The number of hydrogen-bond acceptors (Lipinski definition) is 1. The summed E-state index contributed by atoms with van der Waals surface area (Å²) in [6.45, 7) is 4.75. The lowest BCUT2D eigenvalue weighted by Gasteiger charge is -2.22. The van der Waals surface area contributed by atoms with Gasteiger partial charge in [-0.15, -0.1) is 0 Å². The average molecular weight is 448 g/mol. The summed E-state index contributed by atoms with van der Waals surface area (Å²) in [4.78, 5) is 0. The Kier molecular flexibility index (Phi) is 2.93. The first-order chi connectivity index (χ1) is 17.1. The minimum Gasteiger partial charge on any atom is -0.454 e. The molecule has 0 atom stereocenters. The molecule has 0 fully saturated rings. The van der Waals surface area contributed by atoms with Gasteiger partial charge in [0.05, 0.1) is 16.6 Å². The Morgan fingerprint density at radius 2 is 1.20 bits per heavy atom. The zero-order valence-corrected chi connectivity index (χ0v) is 19.5. The summed E-state index contributed by atoms with van der Waals surface area (Å²) in [5, 5.41) is 7.53. The molecule has 0 saturated carbocycles. The molecule has 164 valence electrons. The fourth-order valence-electron chi connectivity index (χ4n) is 7.06. The number of rotatable bonds is 0. The molecule has 5 aromatic carbocycles. The Morgan fingerprint density at radius 3 is 2.09 bits per heavy atom. The van der Waals surface area contributed by atoms with E-state index >= 15 is 0 Å². The van der Waals surface area contributed by atoms with E-state index in [0.717, 1.165) is 11.2 Å². The van der Waals surface area contributed by atoms with Gasteiger partial charge in [0.25, 0.3) is 0 Å². The second-order valence-electron chi connectivity index (χ2n) is 10.5. The van der Waals surface area contributed by atoms with E-state index in [2.05, 4.69) is 109 Å². The molecule has 0 aliphatic heterocycles. The van der Waals surface area contributed by atoms with E-state index in [9.17, 15) is 0 Å². The number of aromatic nitrogens is 1. The fourth-order valence-corrected chi connectivity index (χ4v) is 7.06. The van der Waals surface area contributed by atoms with Crippen LogP contribution in [0.2, 0.25) is 0 Å². The van der Waals surface area contributed by atoms with Gasteiger partial charge >= 0.3 is 0 Å². The third kappa shape index (κ3) is 1.89. The van der Waals surface area contributed by atoms with Crippen LogP contribution in [0.15, 0.2) is 95.4 Å². The quantitative estimate of drug-likeness (QED) is 0.227. The van der Waals surface area contributed by atoms with Crippen molar-refractivity contribution >= 4 is 60.0 Å². The van der Waals surface area contributed by atoms with Crippen molar-refractivity contribution in [3.63, 3.8) is 0 Å². The van der Waals surface area contributed by atoms with Gasteiger partial charge in [0.1, 0.15) is 5.58 Å². The van der Waals surface area contributed by atoms with Crippen LogP contribution < -0.4 is 0 Å². The molecule has 9 rings (SSSR count). The van der Waals surface area contributed by atoms with Gasteiger partial charge in [-0.1, -0.05) is 92.7 Å². The van der Waals surface area contributed by atoms with Crippen molar-refractivity contribution in [2.24, 2.45) is 0 Å². The number of nitrogens with zero attached hydrogens (tertiary/aromatic N) is 1. The van der Waals surface area contributed by atoms with Crippen LogP contribution in [0.1, 0.15) is 25.0 Å². The lowest BCUT2D eigenvalue weighted by atomic mass is 9.81. The molecule has 3 aromatic heterocycles. The molecule has 0 N–H and O–H groups in total. The molecule has 1 aliphatic rings. The van der Waals surface area contributed by atoms with Crippen LogP contribution in [0.4, 0.5) is 0 Å². The van der Waals surface area contributed by atoms with E-state index in [4.69, 9.17) is 4.42 Å². The average Bonchev–Trinajstić information content (AvgIpc) is 3.59. The van der Waals surface area contributed by atoms with Gasteiger partial charge in [-0.25, -0.2) is 0 Å². The summed E-state index contributed by atoms with van der Waals surface area (Å²) in [5.41, 5.74) is 11.1. The summed E-state index contributed by atoms with van der Waals surface area (Å²) < 4.78 is 9.11. The van der Waals surface area contributed by atoms with Crippen molar-refractivity contribution in [3.8, 4) is 11.1 Å². The van der Waals surface area contributed by atoms with Crippen molar-refractivity contribution in [3.05, 3.63) is 102 Å². The van der Waals surface area contributed by atoms with Gasteiger partial charge in [0, 0.05) is 37.7 Å². The smallest absolute Gasteiger partial charge is 0.160 e. The molecule has 2 heteroatoms. The standard InChI is InChI=1S/C33H21NO/c1-33(2)26-12-5-3-8-18(26)20-14-15-23-21-10-7-11-22-24-16-17-25-19-9-4-6-13-27(19)35-32(25)31(24)34(29(21)22)30(23)28(20)33/h3-17H,1-2H3. The van der Waals surface area contributed by atoms with E-state index < -0.39 is 0 Å². The summed E-state index contributed by atoms with van der Waals surface area (Å²) in [6, 6.07) is 33.2. The molecule has 0 amide bonds. The zero-order chi connectivity index (χ0) is 23.1. The molecule has 8 aromatic rings. The van der Waals surface area contributed by atoms with Gasteiger partial charge in [-0.2, -0.15) is 0 Å². The summed E-state index contributed by atoms with van der Waals surface area (Å²) >= 11 is 0. The Hall–Kier alpha value is -4.30. The maximum atomic E-state index is 6.59. The molecule has 0 bridgehead atoms. The van der Waals surface area contributed by atoms with Crippen LogP contribution in [-0.4, -0.2) is 4.40 Å². The number of furan rings is 1. The highest BCUT2D eigenvalue weighted by Crippen LogP contribution is 2.54. The fraction of sp³-hybridized carbons (Fsp3) is 0.0909. The topological polar surface area (TPSA) is 17.6 Å². The maximum absolute atomic E-state index is 6.59. The molecular weight excluding hydrogens is 426 g/mol. The third-order valence-electron chi connectivity index (χ3n) is 8.50. The predicted molar refractivity (Wildman–Crippen MR) is 146 cm³/mol. The molecule has 1 aliphatic carbocycles. The van der Waals surface area contributed by atoms with Gasteiger partial charge in [-0.3, -0.25) is 0 Å². The predicted octanol–water partition coefficient (Wildman–Crippen LogP) is 9.04. The number of fused-ring (bicyclic) bond motifs is 14. The van der Waals surface area contributed by atoms with E-state index in [1.54, 1.807) is 0 Å². The minimum absolute atomic E-state index is 0.0933. The third-order valence-corrected chi connectivity index (χ3v) is 8.50. The van der Waals surface area contributed by atoms with E-state index in [1.165, 1.54) is 71.1 Å². The van der Waals surface area contributed by atoms with E-state index in [-0.39, 0.29) is 5.41 Å². The van der Waals surface area contributed by atoms with Gasteiger partial charge in [-0.05, 0) is 34.4 Å². The van der Waals surface area contributed by atoms with E-state index in [1.807, 2.05) is 0 Å². The normalized spacial score (nSPS) is 14.8. The van der Waals surface area contributed by atoms with Crippen LogP contribution in [0.25, 0.3) is 71.2 Å². The lowest BCUT2D eigenvalue weighted by Crippen LogP contribution is -2.15. The number of benzene rings is 5. The van der Waals surface area contributed by atoms with Gasteiger partial charge in [0.2, 0.25) is 0 Å². The second kappa shape index (κ2) is 5.67. The SMILES string of the molecule is CC1(C)c2ccccc2-c2ccc3c4cccc5c6ccc7c8ccccc8oc7c6n(c3c21)c45. The first-order valence-electron chi connectivity index (χ1n) is 12.3. The van der Waals surface area contributed by atoms with Crippen LogP contribution in [0, 0.1) is 0 Å². The highest BCUT2D eigenvalue weighted by Gasteiger charge is 2.38. The first-order valence-corrected chi connectivity index (χ1v) is 12.3. The molecule has 3 heterocycles. The highest BCUT2D eigenvalue weighted by molar-refractivity contribution is 6.28. The van der Waals surface area contributed by atoms with Crippen LogP contribution in [0.3, 0.4) is 0 Å². The first kappa shape index (κ1) is 18.1. The van der Waals surface area contributed by atoms with Gasteiger partial charge < -0.3 is 8.82 Å². The monoisotopic (exact) mass is 447 g/mol. The maximum Gasteiger partial charge on any atom is 0.160 e. The van der Waals surface area contributed by atoms with Crippen molar-refractivity contribution in [2.75, 3.05) is 0 Å². The molecule has 0 radical (unpaired) electrons. The van der Waals surface area contributed by atoms with Crippen molar-refractivity contribution in [1.82, 2.24) is 4.40 Å². The summed E-state index contributed by atoms with van der Waals surface area (Å²) in [7, 11) is 0. The Labute approximate surface area is 201 Å². The molecule has 0 saturated heterocycles. The van der Waals surface area contributed by atoms with Crippen LogP contribution >= 0.6 is 0 Å². The summed E-state index contributed by atoms with van der Waals surface area (Å²) in [5.74, 6) is 0. The van der Waals surface area contributed by atoms with Gasteiger partial charge in [0.15, 0.2) is 5.58 Å². The molecule has 0 unspecified atom stereocenters. The van der Waals surface area contributed by atoms with Crippen molar-refractivity contribution in [1.29, 1.82) is 0 Å². The number of para-hydroxylation sites is 2. The largest absolute Gasteiger partial charge is 0.454 e. The van der Waals surface area contributed by atoms with Crippen LogP contribution in [0.5, 0.6) is 0 Å². The Bertz CT molecular complexity index is 2190. The Morgan fingerprint density at radius 1 is 0.543 bits per heavy atom. The van der Waals surface area contributed by atoms with Crippen molar-refractivity contribution < 1.29 is 4.42 Å². The molecule has 2 nitrogen and oxygen atoms in total. The molecule has 0 spiro atoms. The second-order valence-corrected chi connectivity index (χ2v) is 10.5. The lowest BCUT2D eigenvalue weighted by molar-refractivity contribution is 0.663. The number of hydrogen-bond donors (Lipinski definition) is 0. The highest BCUT2D eigenvalue weighted by atomic mass is 16.3. The van der Waals surface area contributed by atoms with Crippen LogP contribution in [-0.2, 0) is 5.41 Å². The van der Waals surface area contributed by atoms with E-state index in [0.29, 0.717) is 0 Å². The Balaban J connectivity index is 1.61. The zero-order valence-electron chi connectivity index (χ0n) is 19.5.